The van der Waals surface area contributed by atoms with E-state index in [2.05, 4.69) is 19.2 Å². The number of benzene rings is 1. The van der Waals surface area contributed by atoms with Crippen LogP contribution in [-0.4, -0.2) is 37.8 Å². The number of nitrogens with one attached hydrogen (secondary N) is 1. The molecule has 0 radical (unpaired) electrons. The summed E-state index contributed by atoms with van der Waals surface area (Å²) in [6, 6.07) is 4.96. The van der Waals surface area contributed by atoms with Gasteiger partial charge in [-0.05, 0) is 50.3 Å². The summed E-state index contributed by atoms with van der Waals surface area (Å²) in [7, 11) is 1.31. The van der Waals surface area contributed by atoms with Gasteiger partial charge in [0, 0.05) is 12.3 Å². The Morgan fingerprint density at radius 3 is 2.37 bits per heavy atom. The molecule has 0 bridgehead atoms. The van der Waals surface area contributed by atoms with Crippen LogP contribution in [0, 0.1) is 5.92 Å². The van der Waals surface area contributed by atoms with Crippen molar-refractivity contribution >= 4 is 17.6 Å². The molecule has 152 valence electrons. The second-order valence-electron chi connectivity index (χ2n) is 7.18. The van der Waals surface area contributed by atoms with Crippen molar-refractivity contribution in [1.29, 1.82) is 0 Å². The van der Waals surface area contributed by atoms with Crippen molar-refractivity contribution in [2.45, 2.75) is 59.5 Å². The fraction of sp³-hybridized carbons (Fsp3) is 0.619. The number of methoxy groups -OCH3 is 1. The predicted molar refractivity (Wildman–Crippen MR) is 106 cm³/mol. The first-order valence-electron chi connectivity index (χ1n) is 9.57. The molecule has 0 heterocycles. The highest BCUT2D eigenvalue weighted by Gasteiger charge is 2.35. The summed E-state index contributed by atoms with van der Waals surface area (Å²) in [5.74, 6) is -0.00556. The average Bonchev–Trinajstić information content (AvgIpc) is 2.63. The molecule has 0 aromatic heterocycles. The highest BCUT2D eigenvalue weighted by molar-refractivity contribution is 5.99. The summed E-state index contributed by atoms with van der Waals surface area (Å²) in [6.45, 7) is 10.9. The molecule has 1 aromatic carbocycles. The van der Waals surface area contributed by atoms with Crippen LogP contribution in [0.2, 0.25) is 0 Å². The number of ether oxygens (including phenoxy) is 3. The largest absolute Gasteiger partial charge is 0.493 e. The van der Waals surface area contributed by atoms with Crippen molar-refractivity contribution < 1.29 is 23.8 Å². The van der Waals surface area contributed by atoms with E-state index >= 15 is 0 Å². The Labute approximate surface area is 162 Å². The summed E-state index contributed by atoms with van der Waals surface area (Å²) < 4.78 is 16.3. The summed E-state index contributed by atoms with van der Waals surface area (Å²) in [4.78, 5) is 25.0. The first-order chi connectivity index (χ1) is 12.8. The number of esters is 1. The van der Waals surface area contributed by atoms with Crippen LogP contribution in [0.3, 0.4) is 0 Å². The van der Waals surface area contributed by atoms with Crippen LogP contribution in [0.1, 0.15) is 64.2 Å². The third kappa shape index (κ3) is 6.86. The monoisotopic (exact) mass is 379 g/mol. The van der Waals surface area contributed by atoms with Crippen LogP contribution < -0.4 is 10.1 Å². The fourth-order valence-corrected chi connectivity index (χ4v) is 2.80. The van der Waals surface area contributed by atoms with Crippen LogP contribution in [0.5, 0.6) is 5.75 Å². The highest BCUT2D eigenvalue weighted by atomic mass is 16.5. The second kappa shape index (κ2) is 10.9. The van der Waals surface area contributed by atoms with Crippen LogP contribution in [0.25, 0.3) is 0 Å². The summed E-state index contributed by atoms with van der Waals surface area (Å²) in [5, 5.41) is 2.87. The van der Waals surface area contributed by atoms with Gasteiger partial charge in [-0.1, -0.05) is 27.7 Å². The topological polar surface area (TPSA) is 73.9 Å². The van der Waals surface area contributed by atoms with E-state index in [1.54, 1.807) is 25.1 Å². The van der Waals surface area contributed by atoms with Gasteiger partial charge in [0.15, 0.2) is 0 Å². The zero-order valence-electron chi connectivity index (χ0n) is 17.4. The molecule has 0 aliphatic carbocycles. The Balaban J connectivity index is 3.06. The zero-order valence-corrected chi connectivity index (χ0v) is 17.4. The van der Waals surface area contributed by atoms with Gasteiger partial charge < -0.3 is 19.5 Å². The molecule has 6 nitrogen and oxygen atoms in total. The van der Waals surface area contributed by atoms with Gasteiger partial charge in [-0.15, -0.1) is 0 Å². The van der Waals surface area contributed by atoms with Gasteiger partial charge in [-0.2, -0.15) is 0 Å². The van der Waals surface area contributed by atoms with E-state index in [-0.39, 0.29) is 11.5 Å². The standard InChI is InChI=1S/C21H33NO5/c1-7-11-26-18-10-9-16(13-17(18)19(23)25-6)22-20(24)21(5,14-15(3)4)27-12-8-2/h9-10,13,15H,7-8,11-12,14H2,1-6H3,(H,22,24)/t21-/m1/s1. The van der Waals surface area contributed by atoms with E-state index in [0.717, 1.165) is 12.8 Å². The number of anilines is 1. The van der Waals surface area contributed by atoms with Gasteiger partial charge >= 0.3 is 5.97 Å². The van der Waals surface area contributed by atoms with E-state index in [0.29, 0.717) is 37.0 Å². The molecule has 1 atom stereocenters. The quantitative estimate of drug-likeness (QED) is 0.576. The zero-order chi connectivity index (χ0) is 20.4. The molecule has 0 spiro atoms. The van der Waals surface area contributed by atoms with E-state index in [1.807, 2.05) is 13.8 Å². The van der Waals surface area contributed by atoms with Crippen LogP contribution >= 0.6 is 0 Å². The minimum atomic E-state index is -0.938. The Bertz CT molecular complexity index is 629. The Kier molecular flexibility index (Phi) is 9.29. The minimum absolute atomic E-state index is 0.234. The molecule has 1 rings (SSSR count). The molecular formula is C21H33NO5. The number of rotatable bonds is 11. The lowest BCUT2D eigenvalue weighted by molar-refractivity contribution is -0.141. The predicted octanol–water partition coefficient (Wildman–Crippen LogP) is 4.43. The van der Waals surface area contributed by atoms with Crippen molar-refractivity contribution in [3.63, 3.8) is 0 Å². The fourth-order valence-electron chi connectivity index (χ4n) is 2.80. The lowest BCUT2D eigenvalue weighted by atomic mass is 9.93. The van der Waals surface area contributed by atoms with Crippen molar-refractivity contribution in [2.24, 2.45) is 5.92 Å². The Hall–Kier alpha value is -2.08. The lowest BCUT2D eigenvalue weighted by Gasteiger charge is -2.30. The van der Waals surface area contributed by atoms with E-state index in [1.165, 1.54) is 7.11 Å². The maximum absolute atomic E-state index is 12.9. The highest BCUT2D eigenvalue weighted by Crippen LogP contribution is 2.27. The number of amides is 1. The second-order valence-corrected chi connectivity index (χ2v) is 7.18. The van der Waals surface area contributed by atoms with Gasteiger partial charge in [-0.25, -0.2) is 4.79 Å². The third-order valence-corrected chi connectivity index (χ3v) is 4.01. The SMILES string of the molecule is CCCOc1ccc(NC(=O)[C@@](C)(CC(C)C)OCCC)cc1C(=O)OC. The van der Waals surface area contributed by atoms with Gasteiger partial charge in [0.25, 0.3) is 5.91 Å². The van der Waals surface area contributed by atoms with Crippen molar-refractivity contribution in [3.8, 4) is 5.75 Å². The maximum Gasteiger partial charge on any atom is 0.341 e. The Morgan fingerprint density at radius 1 is 1.15 bits per heavy atom. The van der Waals surface area contributed by atoms with Crippen LogP contribution in [-0.2, 0) is 14.3 Å². The average molecular weight is 379 g/mol. The van der Waals surface area contributed by atoms with Crippen LogP contribution in [0.15, 0.2) is 18.2 Å². The molecular weight excluding hydrogens is 346 g/mol. The molecule has 0 fully saturated rings. The van der Waals surface area contributed by atoms with Crippen molar-refractivity contribution in [2.75, 3.05) is 25.6 Å². The molecule has 1 amide bonds. The number of hydrogen-bond acceptors (Lipinski definition) is 5. The lowest BCUT2D eigenvalue weighted by Crippen LogP contribution is -2.44. The van der Waals surface area contributed by atoms with Gasteiger partial charge in [0.2, 0.25) is 0 Å². The van der Waals surface area contributed by atoms with Crippen LogP contribution in [0.4, 0.5) is 5.69 Å². The van der Waals surface area contributed by atoms with Crippen molar-refractivity contribution in [3.05, 3.63) is 23.8 Å². The summed E-state index contributed by atoms with van der Waals surface area (Å²) >= 11 is 0. The molecule has 0 saturated heterocycles. The van der Waals surface area contributed by atoms with E-state index in [9.17, 15) is 9.59 Å². The molecule has 0 saturated carbocycles. The minimum Gasteiger partial charge on any atom is -0.493 e. The molecule has 1 aromatic rings. The Morgan fingerprint density at radius 2 is 1.81 bits per heavy atom. The summed E-state index contributed by atoms with van der Waals surface area (Å²) in [5.41, 5.74) is -0.157. The smallest absolute Gasteiger partial charge is 0.341 e. The molecule has 6 heteroatoms. The van der Waals surface area contributed by atoms with E-state index < -0.39 is 11.6 Å². The molecule has 27 heavy (non-hydrogen) atoms. The van der Waals surface area contributed by atoms with Gasteiger partial charge in [0.1, 0.15) is 16.9 Å². The third-order valence-electron chi connectivity index (χ3n) is 4.01. The number of carbonyl (C=O) groups is 2. The molecule has 0 unspecified atom stereocenters. The first-order valence-corrected chi connectivity index (χ1v) is 9.57. The normalized spacial score (nSPS) is 13.1. The van der Waals surface area contributed by atoms with Gasteiger partial charge in [-0.3, -0.25) is 4.79 Å². The molecule has 1 N–H and O–H groups in total. The number of carbonyl (C=O) groups excluding carboxylic acids is 2. The molecule has 0 aliphatic rings. The van der Waals surface area contributed by atoms with E-state index in [4.69, 9.17) is 14.2 Å². The summed E-state index contributed by atoms with van der Waals surface area (Å²) in [6.07, 6.45) is 2.25. The maximum atomic E-state index is 12.9. The van der Waals surface area contributed by atoms with Gasteiger partial charge in [0.05, 0.1) is 13.7 Å². The van der Waals surface area contributed by atoms with Crippen molar-refractivity contribution in [1.82, 2.24) is 0 Å². The first kappa shape index (κ1) is 23.0. The number of hydrogen-bond donors (Lipinski definition) is 1. The molecule has 0 aliphatic heterocycles.